The molecule has 1 unspecified atom stereocenters. The Kier molecular flexibility index (Phi) is 5.05. The Morgan fingerprint density at radius 3 is 2.86 bits per heavy atom. The summed E-state index contributed by atoms with van der Waals surface area (Å²) in [6.45, 7) is 0.584. The molecule has 0 saturated carbocycles. The van der Waals surface area contributed by atoms with Gasteiger partial charge in [0.15, 0.2) is 0 Å². The van der Waals surface area contributed by atoms with E-state index in [2.05, 4.69) is 10.2 Å². The minimum Gasteiger partial charge on any atom is -0.497 e. The van der Waals surface area contributed by atoms with E-state index in [1.165, 1.54) is 19.2 Å². The van der Waals surface area contributed by atoms with Crippen LogP contribution < -0.4 is 9.64 Å². The highest BCUT2D eigenvalue weighted by Gasteiger charge is 2.33. The molecule has 1 fully saturated rings. The van der Waals surface area contributed by atoms with Crippen LogP contribution in [0.25, 0.3) is 11.1 Å². The van der Waals surface area contributed by atoms with Gasteiger partial charge in [0, 0.05) is 30.3 Å². The summed E-state index contributed by atoms with van der Waals surface area (Å²) in [6, 6.07) is 10.2. The van der Waals surface area contributed by atoms with E-state index in [9.17, 15) is 9.18 Å². The maximum Gasteiger partial charge on any atom is 0.230 e. The van der Waals surface area contributed by atoms with Gasteiger partial charge >= 0.3 is 0 Å². The van der Waals surface area contributed by atoms with Crippen molar-refractivity contribution < 1.29 is 13.9 Å². The smallest absolute Gasteiger partial charge is 0.230 e. The molecular formula is C21H19ClFN3O2. The monoisotopic (exact) mass is 399 g/mol. The van der Waals surface area contributed by atoms with Crippen molar-refractivity contribution in [3.8, 4) is 16.9 Å². The van der Waals surface area contributed by atoms with E-state index in [4.69, 9.17) is 16.3 Å². The molecule has 2 heterocycles. The van der Waals surface area contributed by atoms with Gasteiger partial charge in [0.1, 0.15) is 11.6 Å². The molecule has 2 aromatic carbocycles. The molecular weight excluding hydrogens is 381 g/mol. The maximum atomic E-state index is 13.7. The first-order chi connectivity index (χ1) is 13.5. The highest BCUT2D eigenvalue weighted by molar-refractivity contribution is 6.34. The van der Waals surface area contributed by atoms with Crippen LogP contribution in [0.3, 0.4) is 0 Å². The van der Waals surface area contributed by atoms with Crippen LogP contribution in [-0.4, -0.2) is 29.8 Å². The lowest BCUT2D eigenvalue weighted by atomic mass is 9.98. The molecule has 1 saturated heterocycles. The predicted octanol–water partition coefficient (Wildman–Crippen LogP) is 4.47. The van der Waals surface area contributed by atoms with Crippen molar-refractivity contribution in [1.82, 2.24) is 10.2 Å². The number of methoxy groups -OCH3 is 1. The fourth-order valence-electron chi connectivity index (χ4n) is 3.62. The number of ether oxygens (including phenoxy) is 1. The van der Waals surface area contributed by atoms with Gasteiger partial charge < -0.3 is 9.64 Å². The average molecular weight is 400 g/mol. The molecule has 1 amide bonds. The third kappa shape index (κ3) is 3.60. The van der Waals surface area contributed by atoms with E-state index >= 15 is 0 Å². The fourth-order valence-corrected chi connectivity index (χ4v) is 3.91. The number of nitrogens with one attached hydrogen (secondary N) is 1. The van der Waals surface area contributed by atoms with Crippen LogP contribution in [0.2, 0.25) is 5.02 Å². The number of aromatic amines is 1. The van der Waals surface area contributed by atoms with Gasteiger partial charge in [0.2, 0.25) is 5.91 Å². The normalized spacial score (nSPS) is 16.6. The summed E-state index contributed by atoms with van der Waals surface area (Å²) in [5, 5.41) is 7.23. The summed E-state index contributed by atoms with van der Waals surface area (Å²) in [5.74, 6) is -0.123. The van der Waals surface area contributed by atoms with E-state index in [1.807, 2.05) is 18.2 Å². The number of H-pyrrole nitrogens is 1. The Balaban J connectivity index is 1.52. The van der Waals surface area contributed by atoms with Crippen LogP contribution in [0, 0.1) is 11.7 Å². The Hall–Kier alpha value is -2.86. The van der Waals surface area contributed by atoms with Crippen LogP contribution in [0.1, 0.15) is 12.0 Å². The number of carbonyl (C=O) groups is 1. The van der Waals surface area contributed by atoms with Gasteiger partial charge in [0.05, 0.1) is 24.0 Å². The predicted molar refractivity (Wildman–Crippen MR) is 106 cm³/mol. The van der Waals surface area contributed by atoms with E-state index < -0.39 is 0 Å². The molecule has 1 atom stereocenters. The number of benzene rings is 2. The lowest BCUT2D eigenvalue weighted by Gasteiger charge is -2.19. The molecule has 4 rings (SSSR count). The van der Waals surface area contributed by atoms with E-state index in [1.54, 1.807) is 23.4 Å². The standard InChI is InChI=1S/C21H19ClFN3O2/c1-28-18-8-13(7-17(23)10-18)6-15-4-5-26(21(15)27)20-3-2-14(9-19(20)22)16-11-24-25-12-16/h2-3,7-12,15H,4-6H2,1H3,(H,24,25). The number of hydrogen-bond acceptors (Lipinski definition) is 3. The van der Waals surface area contributed by atoms with Crippen molar-refractivity contribution in [3.05, 3.63) is 65.2 Å². The highest BCUT2D eigenvalue weighted by Crippen LogP contribution is 2.35. The molecule has 1 aliphatic rings. The third-order valence-corrected chi connectivity index (χ3v) is 5.34. The molecule has 1 aromatic heterocycles. The van der Waals surface area contributed by atoms with Crippen LogP contribution in [0.5, 0.6) is 5.75 Å². The van der Waals surface area contributed by atoms with Gasteiger partial charge in [-0.2, -0.15) is 5.10 Å². The zero-order chi connectivity index (χ0) is 19.7. The number of anilines is 1. The maximum absolute atomic E-state index is 13.7. The van der Waals surface area contributed by atoms with Crippen molar-refractivity contribution in [2.45, 2.75) is 12.8 Å². The largest absolute Gasteiger partial charge is 0.497 e. The van der Waals surface area contributed by atoms with Gasteiger partial charge in [-0.25, -0.2) is 4.39 Å². The minimum atomic E-state index is -0.366. The van der Waals surface area contributed by atoms with Gasteiger partial charge in [-0.05, 0) is 48.2 Å². The zero-order valence-corrected chi connectivity index (χ0v) is 16.0. The summed E-state index contributed by atoms with van der Waals surface area (Å²) < 4.78 is 18.9. The molecule has 1 N–H and O–H groups in total. The molecule has 3 aromatic rings. The topological polar surface area (TPSA) is 58.2 Å². The molecule has 28 heavy (non-hydrogen) atoms. The van der Waals surface area contributed by atoms with Gasteiger partial charge in [0.25, 0.3) is 0 Å². The average Bonchev–Trinajstić information content (AvgIpc) is 3.33. The van der Waals surface area contributed by atoms with Crippen molar-refractivity contribution in [1.29, 1.82) is 0 Å². The highest BCUT2D eigenvalue weighted by atomic mass is 35.5. The minimum absolute atomic E-state index is 0.00110. The van der Waals surface area contributed by atoms with Gasteiger partial charge in [-0.3, -0.25) is 9.89 Å². The van der Waals surface area contributed by atoms with Crippen LogP contribution in [0.15, 0.2) is 48.8 Å². The quantitative estimate of drug-likeness (QED) is 0.688. The summed E-state index contributed by atoms with van der Waals surface area (Å²) in [6.07, 6.45) is 4.66. The van der Waals surface area contributed by atoms with Crippen molar-refractivity contribution in [2.24, 2.45) is 5.92 Å². The molecule has 1 aliphatic heterocycles. The van der Waals surface area contributed by atoms with E-state index in [0.717, 1.165) is 16.7 Å². The van der Waals surface area contributed by atoms with Crippen LogP contribution in [0.4, 0.5) is 10.1 Å². The summed E-state index contributed by atoms with van der Waals surface area (Å²) >= 11 is 6.47. The summed E-state index contributed by atoms with van der Waals surface area (Å²) in [5.41, 5.74) is 3.30. The molecule has 0 spiro atoms. The number of rotatable bonds is 5. The van der Waals surface area contributed by atoms with Crippen molar-refractivity contribution >= 4 is 23.2 Å². The van der Waals surface area contributed by atoms with E-state index in [-0.39, 0.29) is 17.6 Å². The Morgan fingerprint density at radius 1 is 1.29 bits per heavy atom. The second-order valence-electron chi connectivity index (χ2n) is 6.83. The first-order valence-electron chi connectivity index (χ1n) is 8.98. The number of hydrogen-bond donors (Lipinski definition) is 1. The molecule has 5 nitrogen and oxygen atoms in total. The fraction of sp³-hybridized carbons (Fsp3) is 0.238. The number of carbonyl (C=O) groups excluding carboxylic acids is 1. The Labute approximate surface area is 167 Å². The van der Waals surface area contributed by atoms with Crippen LogP contribution >= 0.6 is 11.6 Å². The number of aromatic nitrogens is 2. The molecule has 0 aliphatic carbocycles. The molecule has 0 radical (unpaired) electrons. The number of halogens is 2. The summed E-state index contributed by atoms with van der Waals surface area (Å²) in [4.78, 5) is 14.7. The molecule has 0 bridgehead atoms. The van der Waals surface area contributed by atoms with Crippen molar-refractivity contribution in [3.63, 3.8) is 0 Å². The van der Waals surface area contributed by atoms with Gasteiger partial charge in [-0.1, -0.05) is 17.7 Å². The third-order valence-electron chi connectivity index (χ3n) is 5.04. The molecule has 144 valence electrons. The second kappa shape index (κ2) is 7.64. The van der Waals surface area contributed by atoms with Gasteiger partial charge in [-0.15, -0.1) is 0 Å². The SMILES string of the molecule is COc1cc(F)cc(CC2CCN(c3ccc(-c4cn[nH]c4)cc3Cl)C2=O)c1. The Bertz CT molecular complexity index is 1010. The lowest BCUT2D eigenvalue weighted by Crippen LogP contribution is -2.28. The van der Waals surface area contributed by atoms with E-state index in [0.29, 0.717) is 35.8 Å². The second-order valence-corrected chi connectivity index (χ2v) is 7.24. The lowest BCUT2D eigenvalue weighted by molar-refractivity contribution is -0.120. The van der Waals surface area contributed by atoms with Crippen molar-refractivity contribution in [2.75, 3.05) is 18.6 Å². The first kappa shape index (κ1) is 18.5. The summed E-state index contributed by atoms with van der Waals surface area (Å²) in [7, 11) is 1.50. The first-order valence-corrected chi connectivity index (χ1v) is 9.36. The number of nitrogens with zero attached hydrogens (tertiary/aromatic N) is 2. The Morgan fingerprint density at radius 2 is 2.14 bits per heavy atom. The van der Waals surface area contributed by atoms with Crippen LogP contribution in [-0.2, 0) is 11.2 Å². The molecule has 7 heteroatoms. The zero-order valence-electron chi connectivity index (χ0n) is 15.3. The number of amides is 1.